The van der Waals surface area contributed by atoms with Crippen LogP contribution in [-0.2, 0) is 16.6 Å². The molecule has 1 aliphatic carbocycles. The molecule has 20 heavy (non-hydrogen) atoms. The minimum absolute atomic E-state index is 0.0851. The normalized spacial score (nSPS) is 15.3. The van der Waals surface area contributed by atoms with E-state index in [1.807, 2.05) is 0 Å². The van der Waals surface area contributed by atoms with Crippen LogP contribution in [0.2, 0.25) is 5.02 Å². The minimum atomic E-state index is -3.61. The molecule has 1 saturated carbocycles. The van der Waals surface area contributed by atoms with Gasteiger partial charge in [0, 0.05) is 29.7 Å². The van der Waals surface area contributed by atoms with Crippen LogP contribution in [0.15, 0.2) is 17.0 Å². The maximum atomic E-state index is 12.2. The number of methoxy groups -OCH3 is 1. The summed E-state index contributed by atoms with van der Waals surface area (Å²) in [5.41, 5.74) is 0.753. The molecule has 0 bridgehead atoms. The van der Waals surface area contributed by atoms with Gasteiger partial charge in [0.1, 0.15) is 10.6 Å². The van der Waals surface area contributed by atoms with E-state index in [-0.39, 0.29) is 4.90 Å². The molecule has 7 heteroatoms. The molecule has 0 aromatic heterocycles. The molecule has 0 radical (unpaired) electrons. The summed E-state index contributed by atoms with van der Waals surface area (Å²) in [6.45, 7) is 2.58. The average molecular weight is 319 g/mol. The van der Waals surface area contributed by atoms with E-state index in [0.29, 0.717) is 29.9 Å². The number of rotatable bonds is 7. The van der Waals surface area contributed by atoms with Gasteiger partial charge < -0.3 is 10.1 Å². The van der Waals surface area contributed by atoms with Gasteiger partial charge in [-0.3, -0.25) is 0 Å². The van der Waals surface area contributed by atoms with Crippen molar-refractivity contribution < 1.29 is 13.2 Å². The highest BCUT2D eigenvalue weighted by molar-refractivity contribution is 7.89. The number of benzene rings is 1. The van der Waals surface area contributed by atoms with Crippen molar-refractivity contribution in [2.75, 3.05) is 13.7 Å². The van der Waals surface area contributed by atoms with E-state index in [9.17, 15) is 8.42 Å². The van der Waals surface area contributed by atoms with Gasteiger partial charge in [0.2, 0.25) is 10.0 Å². The second-order valence-electron chi connectivity index (χ2n) is 4.75. The molecule has 1 fully saturated rings. The quantitative estimate of drug-likeness (QED) is 0.806. The van der Waals surface area contributed by atoms with Crippen LogP contribution in [-0.4, -0.2) is 28.1 Å². The summed E-state index contributed by atoms with van der Waals surface area (Å²) in [4.78, 5) is 0.0851. The third kappa shape index (κ3) is 3.63. The summed E-state index contributed by atoms with van der Waals surface area (Å²) in [6, 6.07) is 3.67. The predicted octanol–water partition coefficient (Wildman–Crippen LogP) is 1.90. The predicted molar refractivity (Wildman–Crippen MR) is 78.7 cm³/mol. The van der Waals surface area contributed by atoms with Crippen LogP contribution in [0.4, 0.5) is 0 Å². The molecule has 0 aliphatic heterocycles. The average Bonchev–Trinajstić information content (AvgIpc) is 3.19. The first kappa shape index (κ1) is 15.6. The lowest BCUT2D eigenvalue weighted by Gasteiger charge is -2.15. The molecule has 0 saturated heterocycles. The molecule has 0 atom stereocenters. The molecule has 0 unspecified atom stereocenters. The molecule has 2 N–H and O–H groups in total. The first-order chi connectivity index (χ1) is 9.47. The van der Waals surface area contributed by atoms with Crippen molar-refractivity contribution in [2.45, 2.75) is 37.2 Å². The van der Waals surface area contributed by atoms with E-state index in [1.165, 1.54) is 13.2 Å². The van der Waals surface area contributed by atoms with Gasteiger partial charge in [0.05, 0.1) is 7.11 Å². The Labute approximate surface area is 124 Å². The van der Waals surface area contributed by atoms with Crippen LogP contribution >= 0.6 is 11.6 Å². The van der Waals surface area contributed by atoms with Crippen LogP contribution in [0.5, 0.6) is 5.75 Å². The lowest BCUT2D eigenvalue weighted by molar-refractivity contribution is 0.395. The second kappa shape index (κ2) is 6.30. The Morgan fingerprint density at radius 1 is 1.40 bits per heavy atom. The van der Waals surface area contributed by atoms with E-state index in [4.69, 9.17) is 16.3 Å². The molecule has 2 rings (SSSR count). The largest absolute Gasteiger partial charge is 0.495 e. The van der Waals surface area contributed by atoms with Crippen LogP contribution in [0.1, 0.15) is 25.3 Å². The van der Waals surface area contributed by atoms with E-state index < -0.39 is 10.0 Å². The standard InChI is InChI=1S/C13H19ClN2O3S/c1-3-16-20(17,18)12-7-10(14)6-9(13(12)19-2)8-15-11-4-5-11/h6-7,11,15-16H,3-5,8H2,1-2H3. The minimum Gasteiger partial charge on any atom is -0.495 e. The Hall–Kier alpha value is -0.820. The SMILES string of the molecule is CCNS(=O)(=O)c1cc(Cl)cc(CNC2CC2)c1OC. The number of halogens is 1. The molecule has 5 nitrogen and oxygen atoms in total. The number of nitrogens with one attached hydrogen (secondary N) is 2. The first-order valence-electron chi connectivity index (χ1n) is 6.57. The smallest absolute Gasteiger partial charge is 0.244 e. The fourth-order valence-electron chi connectivity index (χ4n) is 1.99. The number of hydrogen-bond acceptors (Lipinski definition) is 4. The highest BCUT2D eigenvalue weighted by atomic mass is 35.5. The molecule has 1 aliphatic rings. The molecule has 0 amide bonds. The van der Waals surface area contributed by atoms with Gasteiger partial charge in [-0.25, -0.2) is 13.1 Å². The molecule has 1 aromatic rings. The number of hydrogen-bond donors (Lipinski definition) is 2. The molecule has 1 aromatic carbocycles. The van der Waals surface area contributed by atoms with E-state index in [2.05, 4.69) is 10.0 Å². The van der Waals surface area contributed by atoms with Gasteiger partial charge in [-0.1, -0.05) is 18.5 Å². The van der Waals surface area contributed by atoms with Crippen molar-refractivity contribution in [1.82, 2.24) is 10.0 Å². The molecule has 0 heterocycles. The summed E-state index contributed by atoms with van der Waals surface area (Å²) in [5.74, 6) is 0.350. The lowest BCUT2D eigenvalue weighted by atomic mass is 10.2. The van der Waals surface area contributed by atoms with Crippen molar-refractivity contribution >= 4 is 21.6 Å². The van der Waals surface area contributed by atoms with Crippen molar-refractivity contribution in [3.63, 3.8) is 0 Å². The third-order valence-corrected chi connectivity index (χ3v) is 4.85. The fraction of sp³-hybridized carbons (Fsp3) is 0.538. The van der Waals surface area contributed by atoms with E-state index >= 15 is 0 Å². The van der Waals surface area contributed by atoms with Gasteiger partial charge in [-0.05, 0) is 25.0 Å². The maximum Gasteiger partial charge on any atom is 0.244 e. The first-order valence-corrected chi connectivity index (χ1v) is 8.43. The van der Waals surface area contributed by atoms with Gasteiger partial charge in [-0.15, -0.1) is 0 Å². The molecule has 0 spiro atoms. The molecular weight excluding hydrogens is 300 g/mol. The Morgan fingerprint density at radius 2 is 2.10 bits per heavy atom. The summed E-state index contributed by atoms with van der Waals surface area (Å²) in [5, 5.41) is 3.72. The topological polar surface area (TPSA) is 67.4 Å². The maximum absolute atomic E-state index is 12.2. The zero-order chi connectivity index (χ0) is 14.8. The van der Waals surface area contributed by atoms with Gasteiger partial charge >= 0.3 is 0 Å². The van der Waals surface area contributed by atoms with Gasteiger partial charge in [0.25, 0.3) is 0 Å². The Balaban J connectivity index is 2.39. The van der Waals surface area contributed by atoms with Gasteiger partial charge in [0.15, 0.2) is 0 Å². The highest BCUT2D eigenvalue weighted by Gasteiger charge is 2.24. The highest BCUT2D eigenvalue weighted by Crippen LogP contribution is 2.32. The van der Waals surface area contributed by atoms with Crippen LogP contribution < -0.4 is 14.8 Å². The summed E-state index contributed by atoms with van der Waals surface area (Å²) in [6.07, 6.45) is 2.32. The van der Waals surface area contributed by atoms with E-state index in [1.54, 1.807) is 13.0 Å². The zero-order valence-electron chi connectivity index (χ0n) is 11.6. The third-order valence-electron chi connectivity index (χ3n) is 3.08. The lowest BCUT2D eigenvalue weighted by Crippen LogP contribution is -2.24. The fourth-order valence-corrected chi connectivity index (χ4v) is 3.58. The molecular formula is C13H19ClN2O3S. The zero-order valence-corrected chi connectivity index (χ0v) is 13.1. The van der Waals surface area contributed by atoms with Crippen LogP contribution in [0, 0.1) is 0 Å². The molecule has 112 valence electrons. The van der Waals surface area contributed by atoms with Crippen LogP contribution in [0.25, 0.3) is 0 Å². The van der Waals surface area contributed by atoms with E-state index in [0.717, 1.165) is 18.4 Å². The summed E-state index contributed by atoms with van der Waals surface area (Å²) >= 11 is 6.04. The Kier molecular flexibility index (Phi) is 4.90. The van der Waals surface area contributed by atoms with Crippen LogP contribution in [0.3, 0.4) is 0 Å². The van der Waals surface area contributed by atoms with Crippen molar-refractivity contribution in [3.05, 3.63) is 22.7 Å². The number of ether oxygens (including phenoxy) is 1. The number of sulfonamides is 1. The van der Waals surface area contributed by atoms with Gasteiger partial charge in [-0.2, -0.15) is 0 Å². The van der Waals surface area contributed by atoms with Crippen molar-refractivity contribution in [1.29, 1.82) is 0 Å². The Bertz CT molecular complexity index is 586. The monoisotopic (exact) mass is 318 g/mol. The second-order valence-corrected chi connectivity index (χ2v) is 6.92. The summed E-state index contributed by atoms with van der Waals surface area (Å²) in [7, 11) is -2.14. The summed E-state index contributed by atoms with van der Waals surface area (Å²) < 4.78 is 32.2. The Morgan fingerprint density at radius 3 is 2.65 bits per heavy atom. The van der Waals surface area contributed by atoms with Crippen molar-refractivity contribution in [3.8, 4) is 5.75 Å². The van der Waals surface area contributed by atoms with Crippen molar-refractivity contribution in [2.24, 2.45) is 0 Å².